The second-order valence-electron chi connectivity index (χ2n) is 5.29. The molecule has 1 amide bonds. The van der Waals surface area contributed by atoms with E-state index >= 15 is 0 Å². The molecule has 0 spiro atoms. The van der Waals surface area contributed by atoms with Gasteiger partial charge in [0.1, 0.15) is 0 Å². The maximum absolute atomic E-state index is 12.7. The van der Waals surface area contributed by atoms with Crippen molar-refractivity contribution in [1.29, 1.82) is 0 Å². The molecule has 2 aromatic rings. The second kappa shape index (κ2) is 7.86. The highest BCUT2D eigenvalue weighted by molar-refractivity contribution is 5.91. The predicted molar refractivity (Wildman–Crippen MR) is 89.0 cm³/mol. The molecule has 0 bridgehead atoms. The Hall–Kier alpha value is -2.50. The zero-order chi connectivity index (χ0) is 17.6. The van der Waals surface area contributed by atoms with E-state index in [0.717, 1.165) is 24.4 Å². The predicted octanol–water partition coefficient (Wildman–Crippen LogP) is 4.56. The van der Waals surface area contributed by atoms with Crippen molar-refractivity contribution in [1.82, 2.24) is 0 Å². The van der Waals surface area contributed by atoms with Crippen molar-refractivity contribution in [2.75, 3.05) is 23.3 Å². The van der Waals surface area contributed by atoms with Gasteiger partial charge in [0.2, 0.25) is 5.91 Å². The highest BCUT2D eigenvalue weighted by Gasteiger charge is 2.30. The Labute approximate surface area is 139 Å². The van der Waals surface area contributed by atoms with Crippen molar-refractivity contribution in [2.45, 2.75) is 19.5 Å². The summed E-state index contributed by atoms with van der Waals surface area (Å²) < 4.78 is 38.0. The van der Waals surface area contributed by atoms with E-state index in [2.05, 4.69) is 5.32 Å². The van der Waals surface area contributed by atoms with Gasteiger partial charge < -0.3 is 10.2 Å². The first-order chi connectivity index (χ1) is 11.4. The first-order valence-electron chi connectivity index (χ1n) is 7.67. The molecule has 0 saturated heterocycles. The van der Waals surface area contributed by atoms with E-state index in [1.165, 1.54) is 12.1 Å². The summed E-state index contributed by atoms with van der Waals surface area (Å²) in [7, 11) is 0. The minimum Gasteiger partial charge on any atom is -0.371 e. The molecule has 24 heavy (non-hydrogen) atoms. The van der Waals surface area contributed by atoms with Crippen LogP contribution in [0.15, 0.2) is 54.6 Å². The van der Waals surface area contributed by atoms with Crippen LogP contribution in [0.25, 0.3) is 0 Å². The molecular weight excluding hydrogens is 317 g/mol. The Morgan fingerprint density at radius 1 is 1.08 bits per heavy atom. The molecule has 0 aliphatic carbocycles. The van der Waals surface area contributed by atoms with Gasteiger partial charge in [-0.3, -0.25) is 4.79 Å². The zero-order valence-electron chi connectivity index (χ0n) is 13.3. The molecule has 1 N–H and O–H groups in total. The van der Waals surface area contributed by atoms with Gasteiger partial charge in [-0.15, -0.1) is 0 Å². The van der Waals surface area contributed by atoms with Crippen molar-refractivity contribution < 1.29 is 18.0 Å². The summed E-state index contributed by atoms with van der Waals surface area (Å²) >= 11 is 0. The third-order valence-electron chi connectivity index (χ3n) is 3.59. The molecule has 2 aromatic carbocycles. The van der Waals surface area contributed by atoms with Crippen LogP contribution >= 0.6 is 0 Å². The van der Waals surface area contributed by atoms with Crippen LogP contribution in [0, 0.1) is 0 Å². The van der Waals surface area contributed by atoms with Gasteiger partial charge in [0.05, 0.1) is 5.56 Å². The van der Waals surface area contributed by atoms with E-state index in [1.807, 2.05) is 42.2 Å². The molecule has 6 heteroatoms. The number of alkyl halides is 3. The molecule has 0 aromatic heterocycles. The Balaban J connectivity index is 1.94. The molecule has 0 aliphatic rings. The number of para-hydroxylation sites is 1. The number of halogens is 3. The van der Waals surface area contributed by atoms with Gasteiger partial charge in [0, 0.05) is 30.9 Å². The van der Waals surface area contributed by atoms with E-state index in [1.54, 1.807) is 0 Å². The number of benzene rings is 2. The number of nitrogens with zero attached hydrogens (tertiary/aromatic N) is 1. The summed E-state index contributed by atoms with van der Waals surface area (Å²) in [5.41, 5.74) is 0.379. The molecule has 128 valence electrons. The summed E-state index contributed by atoms with van der Waals surface area (Å²) in [5.74, 6) is -0.316. The van der Waals surface area contributed by atoms with Gasteiger partial charge >= 0.3 is 6.18 Å². The van der Waals surface area contributed by atoms with Gasteiger partial charge in [-0.2, -0.15) is 13.2 Å². The van der Waals surface area contributed by atoms with Gasteiger partial charge in [-0.1, -0.05) is 24.3 Å². The number of hydrogen-bond donors (Lipinski definition) is 1. The highest BCUT2D eigenvalue weighted by Crippen LogP contribution is 2.30. The first-order valence-corrected chi connectivity index (χ1v) is 7.67. The maximum atomic E-state index is 12.7. The van der Waals surface area contributed by atoms with Gasteiger partial charge in [-0.05, 0) is 37.3 Å². The SMILES string of the molecule is CCN(CCC(=O)Nc1cccc(C(F)(F)F)c1)c1ccccc1. The monoisotopic (exact) mass is 336 g/mol. The number of nitrogens with one attached hydrogen (secondary N) is 1. The Morgan fingerprint density at radius 2 is 1.79 bits per heavy atom. The fraction of sp³-hybridized carbons (Fsp3) is 0.278. The average Bonchev–Trinajstić information content (AvgIpc) is 2.56. The summed E-state index contributed by atoms with van der Waals surface area (Å²) in [6, 6.07) is 14.3. The number of carbonyl (C=O) groups excluding carboxylic acids is 1. The summed E-state index contributed by atoms with van der Waals surface area (Å²) in [5, 5.41) is 2.52. The van der Waals surface area contributed by atoms with E-state index in [9.17, 15) is 18.0 Å². The molecule has 0 atom stereocenters. The molecule has 0 aliphatic heterocycles. The van der Waals surface area contributed by atoms with Crippen LogP contribution in [0.4, 0.5) is 24.5 Å². The lowest BCUT2D eigenvalue weighted by molar-refractivity contribution is -0.137. The Bertz CT molecular complexity index is 671. The topological polar surface area (TPSA) is 32.3 Å². The van der Waals surface area contributed by atoms with Crippen molar-refractivity contribution in [2.24, 2.45) is 0 Å². The van der Waals surface area contributed by atoms with Crippen molar-refractivity contribution in [3.8, 4) is 0 Å². The lowest BCUT2D eigenvalue weighted by atomic mass is 10.2. The number of rotatable bonds is 6. The number of anilines is 2. The van der Waals surface area contributed by atoms with Gasteiger partial charge in [0.15, 0.2) is 0 Å². The largest absolute Gasteiger partial charge is 0.416 e. The number of amides is 1. The second-order valence-corrected chi connectivity index (χ2v) is 5.29. The summed E-state index contributed by atoms with van der Waals surface area (Å²) in [6.07, 6.45) is -4.23. The summed E-state index contributed by atoms with van der Waals surface area (Å²) in [4.78, 5) is 14.0. The summed E-state index contributed by atoms with van der Waals surface area (Å²) in [6.45, 7) is 3.21. The van der Waals surface area contributed by atoms with Crippen LogP contribution in [-0.4, -0.2) is 19.0 Å². The molecule has 0 unspecified atom stereocenters. The number of hydrogen-bond acceptors (Lipinski definition) is 2. The lowest BCUT2D eigenvalue weighted by Crippen LogP contribution is -2.27. The quantitative estimate of drug-likeness (QED) is 0.839. The van der Waals surface area contributed by atoms with Crippen molar-refractivity contribution in [3.05, 3.63) is 60.2 Å². The van der Waals surface area contributed by atoms with Crippen LogP contribution in [0.1, 0.15) is 18.9 Å². The third kappa shape index (κ3) is 5.01. The minimum atomic E-state index is -4.42. The fourth-order valence-corrected chi connectivity index (χ4v) is 2.34. The molecule has 0 fully saturated rings. The Kier molecular flexibility index (Phi) is 5.84. The fourth-order valence-electron chi connectivity index (χ4n) is 2.34. The van der Waals surface area contributed by atoms with E-state index in [0.29, 0.717) is 6.54 Å². The molecular formula is C18H19F3N2O. The molecule has 3 nitrogen and oxygen atoms in total. The molecule has 0 saturated carbocycles. The smallest absolute Gasteiger partial charge is 0.371 e. The van der Waals surface area contributed by atoms with Crippen molar-refractivity contribution >= 4 is 17.3 Å². The van der Waals surface area contributed by atoms with Crippen LogP contribution < -0.4 is 10.2 Å². The van der Waals surface area contributed by atoms with Crippen LogP contribution in [0.5, 0.6) is 0 Å². The first kappa shape index (κ1) is 17.8. The maximum Gasteiger partial charge on any atom is 0.416 e. The zero-order valence-corrected chi connectivity index (χ0v) is 13.3. The van der Waals surface area contributed by atoms with Crippen LogP contribution in [0.2, 0.25) is 0 Å². The Morgan fingerprint density at radius 3 is 2.42 bits per heavy atom. The van der Waals surface area contributed by atoms with Crippen LogP contribution in [-0.2, 0) is 11.0 Å². The molecule has 0 radical (unpaired) electrons. The third-order valence-corrected chi connectivity index (χ3v) is 3.59. The number of carbonyl (C=O) groups is 1. The van der Waals surface area contributed by atoms with Crippen LogP contribution in [0.3, 0.4) is 0 Å². The van der Waals surface area contributed by atoms with E-state index in [-0.39, 0.29) is 18.0 Å². The van der Waals surface area contributed by atoms with Crippen molar-refractivity contribution in [3.63, 3.8) is 0 Å². The standard InChI is InChI=1S/C18H19F3N2O/c1-2-23(16-9-4-3-5-10-16)12-11-17(24)22-15-8-6-7-14(13-15)18(19,20)21/h3-10,13H,2,11-12H2,1H3,(H,22,24). The average molecular weight is 336 g/mol. The molecule has 0 heterocycles. The minimum absolute atomic E-state index is 0.151. The van der Waals surface area contributed by atoms with Gasteiger partial charge in [0.25, 0.3) is 0 Å². The van der Waals surface area contributed by atoms with Gasteiger partial charge in [-0.25, -0.2) is 0 Å². The van der Waals surface area contributed by atoms with E-state index in [4.69, 9.17) is 0 Å². The highest BCUT2D eigenvalue weighted by atomic mass is 19.4. The molecule has 2 rings (SSSR count). The normalized spacial score (nSPS) is 11.2. The lowest BCUT2D eigenvalue weighted by Gasteiger charge is -2.22. The van der Waals surface area contributed by atoms with E-state index < -0.39 is 11.7 Å².